The van der Waals surface area contributed by atoms with E-state index in [0.717, 1.165) is 17.5 Å². The van der Waals surface area contributed by atoms with E-state index in [4.69, 9.17) is 4.74 Å². The average Bonchev–Trinajstić information content (AvgIpc) is 2.73. The van der Waals surface area contributed by atoms with Crippen LogP contribution in [0.1, 0.15) is 48.5 Å². The molecule has 0 radical (unpaired) electrons. The topological polar surface area (TPSA) is 26.3 Å². The third kappa shape index (κ3) is 5.53. The van der Waals surface area contributed by atoms with Gasteiger partial charge in [0.1, 0.15) is 11.6 Å². The Hall–Kier alpha value is -2.94. The molecule has 0 aliphatic carbocycles. The molecule has 28 heavy (non-hydrogen) atoms. The van der Waals surface area contributed by atoms with Crippen LogP contribution in [0, 0.1) is 5.82 Å². The summed E-state index contributed by atoms with van der Waals surface area (Å²) in [5.74, 6) is -0.146. The smallest absolute Gasteiger partial charge is 0.343 e. The van der Waals surface area contributed by atoms with E-state index in [0.29, 0.717) is 11.3 Å². The van der Waals surface area contributed by atoms with E-state index in [1.54, 1.807) is 24.3 Å². The molecule has 3 aromatic rings. The van der Waals surface area contributed by atoms with Crippen LogP contribution in [0.15, 0.2) is 72.8 Å². The zero-order valence-electron chi connectivity index (χ0n) is 16.2. The van der Waals surface area contributed by atoms with Gasteiger partial charge in [0, 0.05) is 0 Å². The van der Waals surface area contributed by atoms with Crippen molar-refractivity contribution in [2.75, 3.05) is 0 Å². The molecule has 0 aliphatic rings. The van der Waals surface area contributed by atoms with E-state index < -0.39 is 0 Å². The van der Waals surface area contributed by atoms with Crippen LogP contribution < -0.4 is 4.74 Å². The number of hydrogen-bond acceptors (Lipinski definition) is 2. The zero-order valence-corrected chi connectivity index (χ0v) is 16.2. The van der Waals surface area contributed by atoms with Gasteiger partial charge in [0.05, 0.1) is 5.56 Å². The Morgan fingerprint density at radius 2 is 1.39 bits per heavy atom. The van der Waals surface area contributed by atoms with Crippen molar-refractivity contribution in [1.29, 1.82) is 0 Å². The van der Waals surface area contributed by atoms with Crippen molar-refractivity contribution in [2.45, 2.75) is 39.0 Å². The van der Waals surface area contributed by atoms with Crippen molar-refractivity contribution in [3.05, 3.63) is 89.7 Å². The maximum Gasteiger partial charge on any atom is 0.343 e. The Morgan fingerprint density at radius 3 is 2.00 bits per heavy atom. The molecule has 0 fully saturated rings. The standard InChI is InChI=1S/C25H25FO2/c1-2-3-4-5-6-19-7-9-22(10-8-19)25(27)28-24-17-13-21(14-18-24)20-11-15-23(26)16-12-20/h7-18H,2-6H2,1H3. The molecule has 0 atom stereocenters. The van der Waals surface area contributed by atoms with Gasteiger partial charge in [0.2, 0.25) is 0 Å². The Balaban J connectivity index is 1.57. The fraction of sp³-hybridized carbons (Fsp3) is 0.240. The van der Waals surface area contributed by atoms with E-state index in [9.17, 15) is 9.18 Å². The minimum atomic E-state index is -0.368. The predicted molar refractivity (Wildman–Crippen MR) is 111 cm³/mol. The highest BCUT2D eigenvalue weighted by atomic mass is 19.1. The number of aryl methyl sites for hydroxylation is 1. The summed E-state index contributed by atoms with van der Waals surface area (Å²) in [6.07, 6.45) is 5.96. The fourth-order valence-corrected chi connectivity index (χ4v) is 3.09. The second-order valence-corrected chi connectivity index (χ2v) is 6.93. The van der Waals surface area contributed by atoms with Crippen LogP contribution in [0.2, 0.25) is 0 Å². The minimum absolute atomic E-state index is 0.263. The van der Waals surface area contributed by atoms with Crippen molar-refractivity contribution in [3.63, 3.8) is 0 Å². The summed E-state index contributed by atoms with van der Waals surface area (Å²) in [4.78, 5) is 12.4. The Bertz CT molecular complexity index is 881. The molecule has 0 aromatic heterocycles. The van der Waals surface area contributed by atoms with Crippen molar-refractivity contribution >= 4 is 5.97 Å². The number of benzene rings is 3. The number of ether oxygens (including phenoxy) is 1. The number of hydrogen-bond donors (Lipinski definition) is 0. The first kappa shape index (κ1) is 19.8. The Kier molecular flexibility index (Phi) is 6.96. The van der Waals surface area contributed by atoms with Gasteiger partial charge in [-0.2, -0.15) is 0 Å². The molecule has 3 heteroatoms. The third-order valence-corrected chi connectivity index (χ3v) is 4.75. The lowest BCUT2D eigenvalue weighted by Gasteiger charge is -2.07. The van der Waals surface area contributed by atoms with Gasteiger partial charge in [-0.3, -0.25) is 0 Å². The first-order chi connectivity index (χ1) is 13.7. The summed E-state index contributed by atoms with van der Waals surface area (Å²) in [6, 6.07) is 21.2. The maximum absolute atomic E-state index is 13.0. The molecule has 2 nitrogen and oxygen atoms in total. The highest BCUT2D eigenvalue weighted by Crippen LogP contribution is 2.23. The molecule has 3 rings (SSSR count). The first-order valence-electron chi connectivity index (χ1n) is 9.83. The summed E-state index contributed by atoms with van der Waals surface area (Å²) in [7, 11) is 0. The number of halogens is 1. The van der Waals surface area contributed by atoms with Gasteiger partial charge in [-0.15, -0.1) is 0 Å². The molecule has 3 aromatic carbocycles. The SMILES string of the molecule is CCCCCCc1ccc(C(=O)Oc2ccc(-c3ccc(F)cc3)cc2)cc1. The molecule has 0 saturated carbocycles. The lowest BCUT2D eigenvalue weighted by molar-refractivity contribution is 0.0735. The molecule has 0 spiro atoms. The van der Waals surface area contributed by atoms with Gasteiger partial charge >= 0.3 is 5.97 Å². The molecule has 0 bridgehead atoms. The summed E-state index contributed by atoms with van der Waals surface area (Å²) in [5, 5.41) is 0. The number of rotatable bonds is 8. The summed E-state index contributed by atoms with van der Waals surface area (Å²) >= 11 is 0. The molecule has 0 heterocycles. The highest BCUT2D eigenvalue weighted by Gasteiger charge is 2.09. The highest BCUT2D eigenvalue weighted by molar-refractivity contribution is 5.91. The van der Waals surface area contributed by atoms with E-state index >= 15 is 0 Å². The molecule has 144 valence electrons. The minimum Gasteiger partial charge on any atom is -0.423 e. The number of esters is 1. The zero-order chi connectivity index (χ0) is 19.8. The normalized spacial score (nSPS) is 10.6. The molecule has 0 saturated heterocycles. The lowest BCUT2D eigenvalue weighted by atomic mass is 10.0. The number of carbonyl (C=O) groups is 1. The molecule has 0 N–H and O–H groups in total. The van der Waals surface area contributed by atoms with E-state index in [2.05, 4.69) is 6.92 Å². The van der Waals surface area contributed by atoms with Gasteiger partial charge in [0.25, 0.3) is 0 Å². The molecule has 0 aliphatic heterocycles. The Labute approximate surface area is 166 Å². The largest absolute Gasteiger partial charge is 0.423 e. The van der Waals surface area contributed by atoms with Gasteiger partial charge in [-0.05, 0) is 65.9 Å². The van der Waals surface area contributed by atoms with Crippen molar-refractivity contribution < 1.29 is 13.9 Å². The van der Waals surface area contributed by atoms with Crippen LogP contribution in [-0.4, -0.2) is 5.97 Å². The van der Waals surface area contributed by atoms with E-state index in [1.807, 2.05) is 36.4 Å². The summed E-state index contributed by atoms with van der Waals surface area (Å²) < 4.78 is 18.5. The molecular weight excluding hydrogens is 351 g/mol. The second kappa shape index (κ2) is 9.84. The second-order valence-electron chi connectivity index (χ2n) is 6.93. The van der Waals surface area contributed by atoms with Crippen LogP contribution in [0.25, 0.3) is 11.1 Å². The van der Waals surface area contributed by atoms with Crippen LogP contribution in [0.3, 0.4) is 0 Å². The van der Waals surface area contributed by atoms with Crippen LogP contribution in [-0.2, 0) is 6.42 Å². The molecule has 0 unspecified atom stereocenters. The summed E-state index contributed by atoms with van der Waals surface area (Å²) in [6.45, 7) is 2.21. The van der Waals surface area contributed by atoms with Gasteiger partial charge in [-0.25, -0.2) is 9.18 Å². The maximum atomic E-state index is 13.0. The third-order valence-electron chi connectivity index (χ3n) is 4.75. The van der Waals surface area contributed by atoms with E-state index in [-0.39, 0.29) is 11.8 Å². The number of carbonyl (C=O) groups excluding carboxylic acids is 1. The van der Waals surface area contributed by atoms with Crippen LogP contribution >= 0.6 is 0 Å². The average molecular weight is 376 g/mol. The van der Waals surface area contributed by atoms with Crippen LogP contribution in [0.5, 0.6) is 5.75 Å². The summed E-state index contributed by atoms with van der Waals surface area (Å²) in [5.41, 5.74) is 3.64. The Morgan fingerprint density at radius 1 is 0.786 bits per heavy atom. The quantitative estimate of drug-likeness (QED) is 0.244. The molecular formula is C25H25FO2. The number of unbranched alkanes of at least 4 members (excludes halogenated alkanes) is 3. The monoisotopic (exact) mass is 376 g/mol. The fourth-order valence-electron chi connectivity index (χ4n) is 3.09. The van der Waals surface area contributed by atoms with Crippen LogP contribution in [0.4, 0.5) is 4.39 Å². The van der Waals surface area contributed by atoms with Crippen molar-refractivity contribution in [3.8, 4) is 16.9 Å². The van der Waals surface area contributed by atoms with Gasteiger partial charge in [0.15, 0.2) is 0 Å². The first-order valence-corrected chi connectivity index (χ1v) is 9.83. The van der Waals surface area contributed by atoms with Crippen molar-refractivity contribution in [2.24, 2.45) is 0 Å². The van der Waals surface area contributed by atoms with Gasteiger partial charge in [-0.1, -0.05) is 62.6 Å². The van der Waals surface area contributed by atoms with Gasteiger partial charge < -0.3 is 4.74 Å². The van der Waals surface area contributed by atoms with Crippen molar-refractivity contribution in [1.82, 2.24) is 0 Å². The van der Waals surface area contributed by atoms with E-state index in [1.165, 1.54) is 43.4 Å². The predicted octanol–water partition coefficient (Wildman–Crippen LogP) is 6.83. The lowest BCUT2D eigenvalue weighted by Crippen LogP contribution is -2.08. The molecule has 0 amide bonds.